The normalized spacial score (nSPS) is 14.4. The number of hydrogen-bond acceptors (Lipinski definition) is 2. The highest BCUT2D eigenvalue weighted by Crippen LogP contribution is 2.23. The molecule has 0 aliphatic rings. The molecule has 0 aromatic heterocycles. The molecule has 1 aromatic rings. The van der Waals surface area contributed by atoms with E-state index in [1.165, 1.54) is 0 Å². The maximum atomic E-state index is 12.1. The lowest BCUT2D eigenvalue weighted by molar-refractivity contribution is 0.468. The Kier molecular flexibility index (Phi) is 5.86. The van der Waals surface area contributed by atoms with Gasteiger partial charge in [-0.2, -0.15) is 0 Å². The van der Waals surface area contributed by atoms with Crippen molar-refractivity contribution in [2.24, 2.45) is 5.92 Å². The third-order valence-electron chi connectivity index (χ3n) is 2.74. The van der Waals surface area contributed by atoms with E-state index < -0.39 is 15.6 Å². The van der Waals surface area contributed by atoms with Crippen molar-refractivity contribution in [3.8, 4) is 0 Å². The Hall–Kier alpha value is -0.100. The summed E-state index contributed by atoms with van der Waals surface area (Å²) < 4.78 is 27.8. The second kappa shape index (κ2) is 6.57. The minimum absolute atomic E-state index is 0.0382. The average Bonchev–Trinajstić information content (AvgIpc) is 2.27. The summed E-state index contributed by atoms with van der Waals surface area (Å²) in [7, 11) is -3.36. The van der Waals surface area contributed by atoms with Gasteiger partial charge in [0.25, 0.3) is 0 Å². The van der Waals surface area contributed by atoms with E-state index >= 15 is 0 Å². The maximum Gasteiger partial charge on any atom is 0.212 e. The largest absolute Gasteiger partial charge is 0.212 e. The van der Waals surface area contributed by atoms with Crippen molar-refractivity contribution in [2.45, 2.75) is 26.3 Å². The van der Waals surface area contributed by atoms with E-state index in [1.807, 2.05) is 45.0 Å². The molecule has 0 spiro atoms. The molecule has 1 aromatic carbocycles. The lowest BCUT2D eigenvalue weighted by atomic mass is 9.96. The summed E-state index contributed by atoms with van der Waals surface area (Å²) in [4.78, 5) is 0. The van der Waals surface area contributed by atoms with Crippen LogP contribution in [-0.2, 0) is 15.6 Å². The Morgan fingerprint density at radius 1 is 1.32 bits per heavy atom. The molecule has 0 radical (unpaired) electrons. The van der Waals surface area contributed by atoms with Crippen LogP contribution in [0.15, 0.2) is 28.7 Å². The van der Waals surface area contributed by atoms with Crippen LogP contribution in [0, 0.1) is 5.92 Å². The molecule has 1 unspecified atom stereocenters. The minimum atomic E-state index is -3.36. The van der Waals surface area contributed by atoms with Gasteiger partial charge in [-0.15, -0.1) is 11.6 Å². The van der Waals surface area contributed by atoms with E-state index in [-0.39, 0.29) is 11.7 Å². The molecule has 6 heteroatoms. The van der Waals surface area contributed by atoms with E-state index in [0.717, 1.165) is 10.0 Å². The zero-order valence-electron chi connectivity index (χ0n) is 11.3. The average molecular weight is 369 g/mol. The number of benzene rings is 1. The van der Waals surface area contributed by atoms with Gasteiger partial charge in [0, 0.05) is 10.4 Å². The Balaban J connectivity index is 2.87. The summed E-state index contributed by atoms with van der Waals surface area (Å²) >= 11 is 9.03. The molecule has 1 rings (SSSR count). The van der Waals surface area contributed by atoms with Crippen LogP contribution >= 0.6 is 27.5 Å². The molecule has 3 nitrogen and oxygen atoms in total. The fourth-order valence-electron chi connectivity index (χ4n) is 1.78. The molecule has 0 saturated heterocycles. The smallest absolute Gasteiger partial charge is 0.212 e. The summed E-state index contributed by atoms with van der Waals surface area (Å²) in [6.07, 6.45) is 0. The van der Waals surface area contributed by atoms with Gasteiger partial charge < -0.3 is 0 Å². The Morgan fingerprint density at radius 2 is 1.84 bits per heavy atom. The van der Waals surface area contributed by atoms with Gasteiger partial charge in [-0.1, -0.05) is 35.0 Å². The standard InChI is InChI=1S/C13H19BrClNO2S/c1-10(8-15)9-19(17,18)16-13(2,3)11-4-6-12(14)7-5-11/h4-7,10,16H,8-9H2,1-3H3. The second-order valence-electron chi connectivity index (χ2n) is 5.27. The molecule has 0 saturated carbocycles. The van der Waals surface area contributed by atoms with Crippen LogP contribution in [0.4, 0.5) is 0 Å². The first kappa shape index (κ1) is 17.0. The molecular formula is C13H19BrClNO2S. The van der Waals surface area contributed by atoms with Gasteiger partial charge in [0.05, 0.1) is 11.3 Å². The Bertz CT molecular complexity index is 514. The fraction of sp³-hybridized carbons (Fsp3) is 0.538. The van der Waals surface area contributed by atoms with Gasteiger partial charge >= 0.3 is 0 Å². The molecule has 108 valence electrons. The third kappa shape index (κ3) is 5.42. The van der Waals surface area contributed by atoms with Crippen molar-refractivity contribution in [1.29, 1.82) is 0 Å². The Labute approximate surface area is 128 Å². The lowest BCUT2D eigenvalue weighted by Crippen LogP contribution is -2.43. The van der Waals surface area contributed by atoms with Crippen molar-refractivity contribution >= 4 is 37.6 Å². The molecule has 19 heavy (non-hydrogen) atoms. The predicted octanol–water partition coefficient (Wildman–Crippen LogP) is 3.48. The summed E-state index contributed by atoms with van der Waals surface area (Å²) in [5, 5.41) is 0. The highest BCUT2D eigenvalue weighted by molar-refractivity contribution is 9.10. The van der Waals surface area contributed by atoms with Gasteiger partial charge in [-0.3, -0.25) is 0 Å². The van der Waals surface area contributed by atoms with Crippen LogP contribution in [0.2, 0.25) is 0 Å². The van der Waals surface area contributed by atoms with E-state index in [2.05, 4.69) is 20.7 Å². The van der Waals surface area contributed by atoms with Gasteiger partial charge in [-0.05, 0) is 37.5 Å². The first-order chi connectivity index (χ1) is 8.66. The van der Waals surface area contributed by atoms with Crippen LogP contribution in [0.5, 0.6) is 0 Å². The number of hydrogen-bond donors (Lipinski definition) is 1. The summed E-state index contributed by atoms with van der Waals surface area (Å²) in [5.74, 6) is 0.302. The number of alkyl halides is 1. The van der Waals surface area contributed by atoms with Crippen LogP contribution in [0.25, 0.3) is 0 Å². The zero-order chi connectivity index (χ0) is 14.7. The van der Waals surface area contributed by atoms with Crippen molar-refractivity contribution < 1.29 is 8.42 Å². The topological polar surface area (TPSA) is 46.2 Å². The molecule has 1 atom stereocenters. The number of sulfonamides is 1. The molecule has 0 heterocycles. The van der Waals surface area contributed by atoms with Gasteiger partial charge in [0.1, 0.15) is 0 Å². The number of halogens is 2. The highest BCUT2D eigenvalue weighted by Gasteiger charge is 2.27. The van der Waals surface area contributed by atoms with Gasteiger partial charge in [-0.25, -0.2) is 13.1 Å². The molecule has 0 bridgehead atoms. The Morgan fingerprint density at radius 3 is 2.32 bits per heavy atom. The molecular weight excluding hydrogens is 350 g/mol. The van der Waals surface area contributed by atoms with Gasteiger partial charge in [0.15, 0.2) is 0 Å². The third-order valence-corrected chi connectivity index (χ3v) is 5.63. The monoisotopic (exact) mass is 367 g/mol. The number of nitrogens with one attached hydrogen (secondary N) is 1. The SMILES string of the molecule is CC(CCl)CS(=O)(=O)NC(C)(C)c1ccc(Br)cc1. The van der Waals surface area contributed by atoms with Crippen molar-refractivity contribution in [2.75, 3.05) is 11.6 Å². The van der Waals surface area contributed by atoms with Crippen LogP contribution in [-0.4, -0.2) is 20.1 Å². The van der Waals surface area contributed by atoms with E-state index in [4.69, 9.17) is 11.6 Å². The molecule has 1 N–H and O–H groups in total. The number of rotatable bonds is 6. The first-order valence-electron chi connectivity index (χ1n) is 6.00. The lowest BCUT2D eigenvalue weighted by Gasteiger charge is -2.27. The fourth-order valence-corrected chi connectivity index (χ4v) is 4.12. The summed E-state index contributed by atoms with van der Waals surface area (Å²) in [6, 6.07) is 7.59. The predicted molar refractivity (Wildman–Crippen MR) is 84.0 cm³/mol. The highest BCUT2D eigenvalue weighted by atomic mass is 79.9. The maximum absolute atomic E-state index is 12.1. The molecule has 0 amide bonds. The molecule has 0 aliphatic carbocycles. The van der Waals surface area contributed by atoms with Crippen molar-refractivity contribution in [3.63, 3.8) is 0 Å². The van der Waals surface area contributed by atoms with E-state index in [9.17, 15) is 8.42 Å². The second-order valence-corrected chi connectivity index (χ2v) is 8.27. The summed E-state index contributed by atoms with van der Waals surface area (Å²) in [5.41, 5.74) is 0.267. The quantitative estimate of drug-likeness (QED) is 0.781. The van der Waals surface area contributed by atoms with Crippen molar-refractivity contribution in [3.05, 3.63) is 34.3 Å². The van der Waals surface area contributed by atoms with Crippen LogP contribution < -0.4 is 4.72 Å². The minimum Gasteiger partial charge on any atom is -0.212 e. The molecule has 0 aliphatic heterocycles. The van der Waals surface area contributed by atoms with E-state index in [1.54, 1.807) is 0 Å². The van der Waals surface area contributed by atoms with Crippen LogP contribution in [0.3, 0.4) is 0 Å². The van der Waals surface area contributed by atoms with Gasteiger partial charge in [0.2, 0.25) is 10.0 Å². The summed E-state index contributed by atoms with van der Waals surface area (Å²) in [6.45, 7) is 5.51. The van der Waals surface area contributed by atoms with E-state index in [0.29, 0.717) is 5.88 Å². The van der Waals surface area contributed by atoms with Crippen LogP contribution in [0.1, 0.15) is 26.3 Å². The first-order valence-corrected chi connectivity index (χ1v) is 8.98. The zero-order valence-corrected chi connectivity index (χ0v) is 14.4. The van der Waals surface area contributed by atoms with Crippen molar-refractivity contribution in [1.82, 2.24) is 4.72 Å². The molecule has 0 fully saturated rings.